The lowest BCUT2D eigenvalue weighted by molar-refractivity contribution is -0.134. The van der Waals surface area contributed by atoms with E-state index < -0.39 is 11.9 Å². The van der Waals surface area contributed by atoms with E-state index in [0.29, 0.717) is 51.2 Å². The molecule has 0 spiro atoms. The van der Waals surface area contributed by atoms with Crippen molar-refractivity contribution in [1.29, 1.82) is 0 Å². The third-order valence-corrected chi connectivity index (χ3v) is 8.32. The first-order chi connectivity index (χ1) is 23.3. The number of hydrogen-bond donors (Lipinski definition) is 2. The Morgan fingerprint density at radius 2 is 1.46 bits per heavy atom. The molecule has 0 bridgehead atoms. The first-order valence-electron chi connectivity index (χ1n) is 17.2. The van der Waals surface area contributed by atoms with Gasteiger partial charge in [-0.25, -0.2) is 0 Å². The third kappa shape index (κ3) is 13.8. The SMILES string of the molecule is CN(C)c1cc(CCCOCCCCCOCCCc2ccc(COC[C@@H](N)CCC=O)cc2)ccc1N(C=O)C1CCC(=O)NC1=O. The van der Waals surface area contributed by atoms with Crippen molar-refractivity contribution in [1.82, 2.24) is 5.32 Å². The Hall–Kier alpha value is -3.64. The Bertz CT molecular complexity index is 1270. The lowest BCUT2D eigenvalue weighted by Crippen LogP contribution is -2.52. The van der Waals surface area contributed by atoms with Crippen LogP contribution in [0.4, 0.5) is 11.4 Å². The van der Waals surface area contributed by atoms with Crippen molar-refractivity contribution in [3.05, 3.63) is 59.2 Å². The number of unbranched alkanes of at least 4 members (excludes halogenated alkanes) is 2. The number of carbonyl (C=O) groups excluding carboxylic acids is 4. The summed E-state index contributed by atoms with van der Waals surface area (Å²) in [6.45, 7) is 3.90. The van der Waals surface area contributed by atoms with Crippen molar-refractivity contribution in [3.8, 4) is 0 Å². The van der Waals surface area contributed by atoms with E-state index in [0.717, 1.165) is 87.9 Å². The van der Waals surface area contributed by atoms with E-state index in [1.807, 2.05) is 37.2 Å². The number of nitrogens with one attached hydrogen (secondary N) is 1. The summed E-state index contributed by atoms with van der Waals surface area (Å²) in [6, 6.07) is 13.5. The predicted molar refractivity (Wildman–Crippen MR) is 187 cm³/mol. The van der Waals surface area contributed by atoms with Gasteiger partial charge >= 0.3 is 0 Å². The predicted octanol–water partition coefficient (Wildman–Crippen LogP) is 4.11. The number of aryl methyl sites for hydroxylation is 2. The van der Waals surface area contributed by atoms with Crippen LogP contribution in [0.1, 0.15) is 74.5 Å². The summed E-state index contributed by atoms with van der Waals surface area (Å²) in [5.41, 5.74) is 10.9. The monoisotopic (exact) mass is 666 g/mol. The molecule has 2 aromatic rings. The molecule has 2 aromatic carbocycles. The van der Waals surface area contributed by atoms with E-state index >= 15 is 0 Å². The lowest BCUT2D eigenvalue weighted by atomic mass is 10.0. The van der Waals surface area contributed by atoms with Gasteiger partial charge < -0.3 is 34.5 Å². The van der Waals surface area contributed by atoms with Gasteiger partial charge in [0.05, 0.1) is 24.6 Å². The fourth-order valence-corrected chi connectivity index (χ4v) is 5.59. The van der Waals surface area contributed by atoms with E-state index in [-0.39, 0.29) is 18.4 Å². The Morgan fingerprint density at radius 3 is 2.08 bits per heavy atom. The van der Waals surface area contributed by atoms with Crippen LogP contribution in [0, 0.1) is 0 Å². The average molecular weight is 667 g/mol. The van der Waals surface area contributed by atoms with Crippen LogP contribution < -0.4 is 20.9 Å². The Balaban J connectivity index is 1.21. The first-order valence-corrected chi connectivity index (χ1v) is 17.2. The molecular formula is C37H54N4O7. The third-order valence-electron chi connectivity index (χ3n) is 8.32. The van der Waals surface area contributed by atoms with Crippen LogP contribution in [-0.2, 0) is 52.8 Å². The summed E-state index contributed by atoms with van der Waals surface area (Å²) in [6.07, 6.45) is 9.98. The number of imide groups is 1. The molecule has 264 valence electrons. The summed E-state index contributed by atoms with van der Waals surface area (Å²) in [4.78, 5) is 49.7. The van der Waals surface area contributed by atoms with Crippen molar-refractivity contribution in [3.63, 3.8) is 0 Å². The molecule has 1 fully saturated rings. The minimum Gasteiger partial charge on any atom is -0.381 e. The highest BCUT2D eigenvalue weighted by Gasteiger charge is 2.33. The summed E-state index contributed by atoms with van der Waals surface area (Å²) in [5, 5.41) is 2.33. The Kier molecular flexibility index (Phi) is 17.9. The summed E-state index contributed by atoms with van der Waals surface area (Å²) in [7, 11) is 3.81. The van der Waals surface area contributed by atoms with E-state index in [1.54, 1.807) is 0 Å². The van der Waals surface area contributed by atoms with Gasteiger partial charge in [0.15, 0.2) is 0 Å². The molecule has 0 aromatic heterocycles. The van der Waals surface area contributed by atoms with Crippen LogP contribution in [0.3, 0.4) is 0 Å². The molecule has 1 aliphatic heterocycles. The molecule has 1 saturated heterocycles. The fourth-order valence-electron chi connectivity index (χ4n) is 5.59. The number of nitrogens with zero attached hydrogens (tertiary/aromatic N) is 2. The normalized spacial score (nSPS) is 15.2. The molecule has 11 nitrogen and oxygen atoms in total. The highest BCUT2D eigenvalue weighted by molar-refractivity contribution is 6.04. The van der Waals surface area contributed by atoms with Gasteiger partial charge in [-0.3, -0.25) is 19.7 Å². The number of anilines is 2. The number of ether oxygens (including phenoxy) is 3. The first kappa shape index (κ1) is 38.8. The molecule has 1 heterocycles. The topological polar surface area (TPSA) is 140 Å². The van der Waals surface area contributed by atoms with Crippen molar-refractivity contribution < 1.29 is 33.4 Å². The van der Waals surface area contributed by atoms with Crippen LogP contribution in [0.2, 0.25) is 0 Å². The minimum absolute atomic E-state index is 0.102. The highest BCUT2D eigenvalue weighted by atomic mass is 16.5. The standard InChI is InChI=1S/C37H54N4O7/c1-40(2)35-25-30(16-17-33(35)41(28-43)34-18-19-36(44)39-37(34)45)10-8-24-47-22-5-3-4-21-46-23-7-9-29-12-14-31(15-13-29)26-48-27-32(38)11-6-20-42/h12-17,20,25,28,32,34H,3-11,18-19,21-24,26-27,38H2,1-2H3,(H,39,44,45)/t32-,34?/m0/s1. The highest BCUT2D eigenvalue weighted by Crippen LogP contribution is 2.32. The van der Waals surface area contributed by atoms with Crippen LogP contribution in [-0.4, -0.2) is 83.7 Å². The number of nitrogens with two attached hydrogens (primary N) is 1. The molecule has 2 atom stereocenters. The number of benzene rings is 2. The number of piperidine rings is 1. The molecule has 3 amide bonds. The van der Waals surface area contributed by atoms with E-state index in [9.17, 15) is 19.2 Å². The molecule has 11 heteroatoms. The molecular weight excluding hydrogens is 612 g/mol. The van der Waals surface area contributed by atoms with Crippen LogP contribution in [0.15, 0.2) is 42.5 Å². The molecule has 0 aliphatic carbocycles. The van der Waals surface area contributed by atoms with Gasteiger partial charge in [-0.05, 0) is 86.6 Å². The number of hydrogen-bond acceptors (Lipinski definition) is 9. The van der Waals surface area contributed by atoms with Gasteiger partial charge in [0.1, 0.15) is 12.3 Å². The molecule has 0 saturated carbocycles. The number of rotatable bonds is 25. The maximum atomic E-state index is 12.4. The van der Waals surface area contributed by atoms with Gasteiger partial charge in [0.2, 0.25) is 18.2 Å². The molecule has 1 unspecified atom stereocenters. The van der Waals surface area contributed by atoms with Gasteiger partial charge in [-0.1, -0.05) is 30.3 Å². The largest absolute Gasteiger partial charge is 0.381 e. The Morgan fingerprint density at radius 1 is 0.833 bits per heavy atom. The van der Waals surface area contributed by atoms with E-state index in [4.69, 9.17) is 19.9 Å². The molecule has 0 radical (unpaired) electrons. The zero-order valence-corrected chi connectivity index (χ0v) is 28.7. The molecule has 1 aliphatic rings. The van der Waals surface area contributed by atoms with Crippen molar-refractivity contribution in [2.24, 2.45) is 5.73 Å². The number of aldehydes is 1. The molecule has 3 rings (SSSR count). The maximum absolute atomic E-state index is 12.4. The smallest absolute Gasteiger partial charge is 0.249 e. The maximum Gasteiger partial charge on any atom is 0.249 e. The second-order valence-corrected chi connectivity index (χ2v) is 12.5. The van der Waals surface area contributed by atoms with Crippen LogP contribution in [0.25, 0.3) is 0 Å². The average Bonchev–Trinajstić information content (AvgIpc) is 3.08. The van der Waals surface area contributed by atoms with Crippen molar-refractivity contribution in [2.75, 3.05) is 56.9 Å². The zero-order chi connectivity index (χ0) is 34.6. The number of amides is 3. The summed E-state index contributed by atoms with van der Waals surface area (Å²) < 4.78 is 17.3. The van der Waals surface area contributed by atoms with Gasteiger partial charge in [-0.15, -0.1) is 0 Å². The van der Waals surface area contributed by atoms with Gasteiger partial charge in [-0.2, -0.15) is 0 Å². The van der Waals surface area contributed by atoms with Gasteiger partial charge in [0.25, 0.3) is 0 Å². The quantitative estimate of drug-likeness (QED) is 0.0910. The summed E-state index contributed by atoms with van der Waals surface area (Å²) >= 11 is 0. The fraction of sp³-hybridized carbons (Fsp3) is 0.568. The van der Waals surface area contributed by atoms with Gasteiger partial charge in [0, 0.05) is 59.4 Å². The molecule has 48 heavy (non-hydrogen) atoms. The van der Waals surface area contributed by atoms with E-state index in [2.05, 4.69) is 29.6 Å². The second-order valence-electron chi connectivity index (χ2n) is 12.5. The Labute approximate surface area is 285 Å². The second kappa shape index (κ2) is 22.1. The van der Waals surface area contributed by atoms with Crippen molar-refractivity contribution in [2.45, 2.75) is 89.3 Å². The summed E-state index contributed by atoms with van der Waals surface area (Å²) in [5.74, 6) is -0.751. The van der Waals surface area contributed by atoms with Crippen molar-refractivity contribution >= 4 is 35.9 Å². The van der Waals surface area contributed by atoms with E-state index in [1.165, 1.54) is 10.5 Å². The minimum atomic E-state index is -0.704. The van der Waals surface area contributed by atoms with Crippen LogP contribution in [0.5, 0.6) is 0 Å². The lowest BCUT2D eigenvalue weighted by Gasteiger charge is -2.32. The van der Waals surface area contributed by atoms with Crippen LogP contribution >= 0.6 is 0 Å². The zero-order valence-electron chi connectivity index (χ0n) is 28.7. The molecule has 3 N–H and O–H groups in total. The number of carbonyl (C=O) groups is 4.